The molecule has 0 radical (unpaired) electrons. The highest BCUT2D eigenvalue weighted by Crippen LogP contribution is 2.49. The molecule has 0 spiro atoms. The van der Waals surface area contributed by atoms with E-state index in [0.717, 1.165) is 30.2 Å². The molecular weight excluding hydrogens is 266 g/mol. The zero-order valence-electron chi connectivity index (χ0n) is 13.6. The number of ether oxygens (including phenoxy) is 3. The van der Waals surface area contributed by atoms with Crippen LogP contribution in [0.3, 0.4) is 0 Å². The van der Waals surface area contributed by atoms with E-state index in [9.17, 15) is 0 Å². The van der Waals surface area contributed by atoms with Gasteiger partial charge < -0.3 is 19.5 Å². The van der Waals surface area contributed by atoms with Gasteiger partial charge in [-0.3, -0.25) is 0 Å². The Morgan fingerprint density at radius 2 is 1.62 bits per heavy atom. The van der Waals surface area contributed by atoms with Crippen LogP contribution < -0.4 is 19.5 Å². The van der Waals surface area contributed by atoms with Crippen LogP contribution >= 0.6 is 0 Å². The Hall–Kier alpha value is -1.42. The monoisotopic (exact) mass is 293 g/mol. The molecule has 0 atom stereocenters. The summed E-state index contributed by atoms with van der Waals surface area (Å²) in [5.74, 6) is 2.27. The summed E-state index contributed by atoms with van der Waals surface area (Å²) in [7, 11) is 4.98. The number of hydrogen-bond acceptors (Lipinski definition) is 4. The van der Waals surface area contributed by atoms with E-state index in [4.69, 9.17) is 14.2 Å². The molecule has 0 amide bonds. The molecular formula is C17H27NO3. The van der Waals surface area contributed by atoms with Gasteiger partial charge in [-0.05, 0) is 30.7 Å². The van der Waals surface area contributed by atoms with E-state index < -0.39 is 0 Å². The first-order valence-electron chi connectivity index (χ1n) is 7.67. The normalized spacial score (nSPS) is 15.6. The minimum Gasteiger partial charge on any atom is -0.496 e. The minimum absolute atomic E-state index is 0.554. The van der Waals surface area contributed by atoms with Gasteiger partial charge in [0, 0.05) is 24.7 Å². The number of hydrogen-bond donors (Lipinski definition) is 1. The summed E-state index contributed by atoms with van der Waals surface area (Å²) in [6, 6.07) is 3.87. The Morgan fingerprint density at radius 3 is 2.14 bits per heavy atom. The highest BCUT2D eigenvalue weighted by molar-refractivity contribution is 5.50. The maximum absolute atomic E-state index is 5.46. The number of rotatable bonds is 9. The molecule has 0 heterocycles. The molecule has 0 saturated heterocycles. The third kappa shape index (κ3) is 3.82. The summed E-state index contributed by atoms with van der Waals surface area (Å²) in [4.78, 5) is 0. The van der Waals surface area contributed by atoms with Gasteiger partial charge in [-0.15, -0.1) is 0 Å². The van der Waals surface area contributed by atoms with Gasteiger partial charge in [-0.1, -0.05) is 13.3 Å². The standard InChI is InChI=1S/C17H27NO3/c1-5-6-17(7-8-17)12-18-11-13-9-15(20-3)16(21-4)10-14(13)19-2/h9-10,18H,5-8,11-12H2,1-4H3. The van der Waals surface area contributed by atoms with Crippen LogP contribution in [-0.4, -0.2) is 27.9 Å². The van der Waals surface area contributed by atoms with Crippen molar-refractivity contribution >= 4 is 0 Å². The lowest BCUT2D eigenvalue weighted by Crippen LogP contribution is -2.23. The zero-order chi connectivity index (χ0) is 15.3. The molecule has 1 aliphatic carbocycles. The number of nitrogens with one attached hydrogen (secondary N) is 1. The summed E-state index contributed by atoms with van der Waals surface area (Å²) in [6.45, 7) is 4.13. The van der Waals surface area contributed by atoms with Gasteiger partial charge >= 0.3 is 0 Å². The predicted octanol–water partition coefficient (Wildman–Crippen LogP) is 3.38. The maximum atomic E-state index is 5.46. The van der Waals surface area contributed by atoms with Crippen LogP contribution in [0, 0.1) is 5.41 Å². The van der Waals surface area contributed by atoms with Crippen LogP contribution in [0.5, 0.6) is 17.2 Å². The maximum Gasteiger partial charge on any atom is 0.164 e. The molecule has 0 unspecified atom stereocenters. The Morgan fingerprint density at radius 1 is 1.00 bits per heavy atom. The van der Waals surface area contributed by atoms with Crippen LogP contribution in [0.4, 0.5) is 0 Å². The van der Waals surface area contributed by atoms with E-state index in [1.54, 1.807) is 21.3 Å². The molecule has 4 nitrogen and oxygen atoms in total. The number of benzene rings is 1. The molecule has 21 heavy (non-hydrogen) atoms. The molecule has 1 saturated carbocycles. The first-order valence-corrected chi connectivity index (χ1v) is 7.67. The Labute approximate surface area is 127 Å². The summed E-state index contributed by atoms with van der Waals surface area (Å²) in [5, 5.41) is 3.58. The summed E-state index contributed by atoms with van der Waals surface area (Å²) >= 11 is 0. The largest absolute Gasteiger partial charge is 0.496 e. The lowest BCUT2D eigenvalue weighted by molar-refractivity contribution is 0.346. The van der Waals surface area contributed by atoms with Gasteiger partial charge in [-0.2, -0.15) is 0 Å². The molecule has 0 aromatic heterocycles. The van der Waals surface area contributed by atoms with Gasteiger partial charge in [0.15, 0.2) is 11.5 Å². The van der Waals surface area contributed by atoms with Gasteiger partial charge in [-0.25, -0.2) is 0 Å². The molecule has 4 heteroatoms. The summed E-state index contributed by atoms with van der Waals surface area (Å²) < 4.78 is 16.1. The van der Waals surface area contributed by atoms with Crippen LogP contribution in [-0.2, 0) is 6.54 Å². The van der Waals surface area contributed by atoms with Crippen molar-refractivity contribution in [2.24, 2.45) is 5.41 Å². The fraction of sp³-hybridized carbons (Fsp3) is 0.647. The first-order chi connectivity index (χ1) is 10.2. The second kappa shape index (κ2) is 7.03. The Balaban J connectivity index is 2.01. The average molecular weight is 293 g/mol. The Bertz CT molecular complexity index is 469. The smallest absolute Gasteiger partial charge is 0.164 e. The molecule has 0 aliphatic heterocycles. The highest BCUT2D eigenvalue weighted by Gasteiger charge is 2.40. The molecule has 1 N–H and O–H groups in total. The third-order valence-electron chi connectivity index (χ3n) is 4.34. The SMILES string of the molecule is CCCC1(CNCc2cc(OC)c(OC)cc2OC)CC1. The highest BCUT2D eigenvalue weighted by atomic mass is 16.5. The fourth-order valence-corrected chi connectivity index (χ4v) is 2.92. The van der Waals surface area contributed by atoms with E-state index in [1.807, 2.05) is 12.1 Å². The van der Waals surface area contributed by atoms with Crippen molar-refractivity contribution in [1.82, 2.24) is 5.32 Å². The summed E-state index contributed by atoms with van der Waals surface area (Å²) in [5.41, 5.74) is 1.65. The van der Waals surface area contributed by atoms with Crippen LogP contribution in [0.25, 0.3) is 0 Å². The van der Waals surface area contributed by atoms with Crippen LogP contribution in [0.15, 0.2) is 12.1 Å². The molecule has 1 aromatic carbocycles. The molecule has 1 aromatic rings. The predicted molar refractivity (Wildman–Crippen MR) is 84.4 cm³/mol. The van der Waals surface area contributed by atoms with E-state index in [1.165, 1.54) is 25.7 Å². The van der Waals surface area contributed by atoms with Gasteiger partial charge in [0.25, 0.3) is 0 Å². The van der Waals surface area contributed by atoms with Crippen LogP contribution in [0.2, 0.25) is 0 Å². The fourth-order valence-electron chi connectivity index (χ4n) is 2.92. The Kier molecular flexibility index (Phi) is 5.34. The molecule has 1 fully saturated rings. The van der Waals surface area contributed by atoms with Crippen molar-refractivity contribution in [3.63, 3.8) is 0 Å². The summed E-state index contributed by atoms with van der Waals surface area (Å²) in [6.07, 6.45) is 5.30. The van der Waals surface area contributed by atoms with Crippen molar-refractivity contribution in [2.75, 3.05) is 27.9 Å². The topological polar surface area (TPSA) is 39.7 Å². The van der Waals surface area contributed by atoms with Gasteiger partial charge in [0.2, 0.25) is 0 Å². The molecule has 0 bridgehead atoms. The van der Waals surface area contributed by atoms with Crippen LogP contribution in [0.1, 0.15) is 38.2 Å². The van der Waals surface area contributed by atoms with E-state index in [-0.39, 0.29) is 0 Å². The second-order valence-corrected chi connectivity index (χ2v) is 5.87. The van der Waals surface area contributed by atoms with Crippen molar-refractivity contribution in [2.45, 2.75) is 39.2 Å². The molecule has 1 aliphatic rings. The second-order valence-electron chi connectivity index (χ2n) is 5.87. The van der Waals surface area contributed by atoms with Gasteiger partial charge in [0.05, 0.1) is 21.3 Å². The zero-order valence-corrected chi connectivity index (χ0v) is 13.6. The van der Waals surface area contributed by atoms with Gasteiger partial charge in [0.1, 0.15) is 5.75 Å². The quantitative estimate of drug-likeness (QED) is 0.757. The lowest BCUT2D eigenvalue weighted by atomic mass is 10.0. The van der Waals surface area contributed by atoms with E-state index >= 15 is 0 Å². The van der Waals surface area contributed by atoms with Crippen molar-refractivity contribution < 1.29 is 14.2 Å². The molecule has 118 valence electrons. The third-order valence-corrected chi connectivity index (χ3v) is 4.34. The van der Waals surface area contributed by atoms with Crippen molar-refractivity contribution in [1.29, 1.82) is 0 Å². The lowest BCUT2D eigenvalue weighted by Gasteiger charge is -2.17. The first kappa shape index (κ1) is 16.0. The van der Waals surface area contributed by atoms with Crippen molar-refractivity contribution in [3.8, 4) is 17.2 Å². The van der Waals surface area contributed by atoms with E-state index in [2.05, 4.69) is 12.2 Å². The van der Waals surface area contributed by atoms with E-state index in [0.29, 0.717) is 11.2 Å². The number of methoxy groups -OCH3 is 3. The average Bonchev–Trinajstić information content (AvgIpc) is 3.26. The molecule has 2 rings (SSSR count). The minimum atomic E-state index is 0.554. The van der Waals surface area contributed by atoms with Crippen molar-refractivity contribution in [3.05, 3.63) is 17.7 Å².